The Hall–Kier alpha value is -0.0800. The van der Waals surface area contributed by atoms with Gasteiger partial charge in [-0.1, -0.05) is 33.1 Å². The molecule has 1 aliphatic rings. The SMILES string of the molecule is CCCNC(CC(C)COC)C1CCCCC1. The van der Waals surface area contributed by atoms with E-state index in [0.29, 0.717) is 5.92 Å². The molecule has 0 heterocycles. The van der Waals surface area contributed by atoms with Gasteiger partial charge in [0.1, 0.15) is 0 Å². The summed E-state index contributed by atoms with van der Waals surface area (Å²) in [4.78, 5) is 0. The Morgan fingerprint density at radius 1 is 1.24 bits per heavy atom. The molecular weight excluding hydrogens is 210 g/mol. The van der Waals surface area contributed by atoms with Crippen LogP contribution in [0, 0.1) is 11.8 Å². The zero-order valence-corrected chi connectivity index (χ0v) is 12.0. The second-order valence-corrected chi connectivity index (χ2v) is 5.75. The second-order valence-electron chi connectivity index (χ2n) is 5.75. The summed E-state index contributed by atoms with van der Waals surface area (Å²) < 4.78 is 5.27. The van der Waals surface area contributed by atoms with Crippen molar-refractivity contribution in [1.29, 1.82) is 0 Å². The van der Waals surface area contributed by atoms with Gasteiger partial charge in [0, 0.05) is 19.8 Å². The molecular formula is C15H31NO. The largest absolute Gasteiger partial charge is 0.384 e. The molecule has 0 aliphatic heterocycles. The summed E-state index contributed by atoms with van der Waals surface area (Å²) in [7, 11) is 1.81. The minimum absolute atomic E-state index is 0.677. The molecule has 1 saturated carbocycles. The molecule has 102 valence electrons. The van der Waals surface area contributed by atoms with E-state index in [-0.39, 0.29) is 0 Å². The smallest absolute Gasteiger partial charge is 0.0488 e. The standard InChI is InChI=1S/C15H31NO/c1-4-10-16-15(11-13(2)12-17-3)14-8-6-5-7-9-14/h13-16H,4-12H2,1-3H3. The Kier molecular flexibility index (Phi) is 7.87. The van der Waals surface area contributed by atoms with Crippen molar-refractivity contribution < 1.29 is 4.74 Å². The predicted molar refractivity (Wildman–Crippen MR) is 74.3 cm³/mol. The van der Waals surface area contributed by atoms with Gasteiger partial charge in [-0.05, 0) is 44.1 Å². The lowest BCUT2D eigenvalue weighted by atomic mass is 9.80. The third-order valence-electron chi connectivity index (χ3n) is 3.98. The zero-order chi connectivity index (χ0) is 12.5. The average Bonchev–Trinajstić information content (AvgIpc) is 2.36. The molecule has 2 nitrogen and oxygen atoms in total. The van der Waals surface area contributed by atoms with Gasteiger partial charge < -0.3 is 10.1 Å². The molecule has 0 saturated heterocycles. The molecule has 2 heteroatoms. The molecule has 0 aromatic rings. The van der Waals surface area contributed by atoms with Crippen LogP contribution >= 0.6 is 0 Å². The van der Waals surface area contributed by atoms with E-state index in [0.717, 1.165) is 18.6 Å². The second kappa shape index (κ2) is 8.93. The molecule has 1 rings (SSSR count). The molecule has 0 amide bonds. The number of methoxy groups -OCH3 is 1. The van der Waals surface area contributed by atoms with Crippen molar-refractivity contribution in [1.82, 2.24) is 5.32 Å². The van der Waals surface area contributed by atoms with Crippen LogP contribution in [-0.2, 0) is 4.74 Å². The summed E-state index contributed by atoms with van der Waals surface area (Å²) in [5.74, 6) is 1.59. The van der Waals surface area contributed by atoms with Crippen LogP contribution in [0.1, 0.15) is 58.8 Å². The number of nitrogens with one attached hydrogen (secondary N) is 1. The van der Waals surface area contributed by atoms with E-state index in [1.54, 1.807) is 0 Å². The average molecular weight is 241 g/mol. The van der Waals surface area contributed by atoms with Crippen LogP contribution in [0.25, 0.3) is 0 Å². The van der Waals surface area contributed by atoms with Gasteiger partial charge in [0.25, 0.3) is 0 Å². The lowest BCUT2D eigenvalue weighted by Crippen LogP contribution is -2.39. The molecule has 0 radical (unpaired) electrons. The van der Waals surface area contributed by atoms with Gasteiger partial charge in [0.2, 0.25) is 0 Å². The molecule has 1 fully saturated rings. The quantitative estimate of drug-likeness (QED) is 0.701. The number of ether oxygens (including phenoxy) is 1. The van der Waals surface area contributed by atoms with Gasteiger partial charge in [-0.25, -0.2) is 0 Å². The molecule has 2 atom stereocenters. The van der Waals surface area contributed by atoms with Crippen molar-refractivity contribution >= 4 is 0 Å². The fourth-order valence-corrected chi connectivity index (χ4v) is 3.09. The highest BCUT2D eigenvalue weighted by Crippen LogP contribution is 2.29. The van der Waals surface area contributed by atoms with Gasteiger partial charge in [-0.3, -0.25) is 0 Å². The van der Waals surface area contributed by atoms with Gasteiger partial charge in [-0.2, -0.15) is 0 Å². The lowest BCUT2D eigenvalue weighted by Gasteiger charge is -2.32. The summed E-state index contributed by atoms with van der Waals surface area (Å²) >= 11 is 0. The van der Waals surface area contributed by atoms with E-state index in [4.69, 9.17) is 4.74 Å². The van der Waals surface area contributed by atoms with E-state index in [1.807, 2.05) is 7.11 Å². The Morgan fingerprint density at radius 3 is 2.53 bits per heavy atom. The van der Waals surface area contributed by atoms with Crippen LogP contribution < -0.4 is 5.32 Å². The fraction of sp³-hybridized carbons (Fsp3) is 1.00. The number of hydrogen-bond donors (Lipinski definition) is 1. The maximum absolute atomic E-state index is 5.27. The van der Waals surface area contributed by atoms with Gasteiger partial charge in [0.15, 0.2) is 0 Å². The molecule has 1 aliphatic carbocycles. The first kappa shape index (κ1) is 15.0. The van der Waals surface area contributed by atoms with Gasteiger partial charge in [0.05, 0.1) is 0 Å². The van der Waals surface area contributed by atoms with Crippen molar-refractivity contribution in [3.8, 4) is 0 Å². The maximum atomic E-state index is 5.27. The highest BCUT2D eigenvalue weighted by molar-refractivity contribution is 4.80. The lowest BCUT2D eigenvalue weighted by molar-refractivity contribution is 0.137. The summed E-state index contributed by atoms with van der Waals surface area (Å²) in [6.45, 7) is 6.63. The van der Waals surface area contributed by atoms with Crippen LogP contribution in [0.15, 0.2) is 0 Å². The van der Waals surface area contributed by atoms with Crippen LogP contribution in [0.5, 0.6) is 0 Å². The monoisotopic (exact) mass is 241 g/mol. The van der Waals surface area contributed by atoms with Gasteiger partial charge >= 0.3 is 0 Å². The van der Waals surface area contributed by atoms with Crippen LogP contribution in [0.4, 0.5) is 0 Å². The normalized spacial score (nSPS) is 21.4. The Balaban J connectivity index is 2.40. The third-order valence-corrected chi connectivity index (χ3v) is 3.98. The first-order chi connectivity index (χ1) is 8.27. The first-order valence-electron chi connectivity index (χ1n) is 7.50. The van der Waals surface area contributed by atoms with E-state index in [2.05, 4.69) is 19.2 Å². The molecule has 0 aromatic heterocycles. The highest BCUT2D eigenvalue weighted by atomic mass is 16.5. The minimum atomic E-state index is 0.677. The third kappa shape index (κ3) is 5.87. The van der Waals surface area contributed by atoms with Crippen molar-refractivity contribution in [2.45, 2.75) is 64.8 Å². The summed E-state index contributed by atoms with van der Waals surface area (Å²) in [6.07, 6.45) is 9.70. The van der Waals surface area contributed by atoms with Crippen molar-refractivity contribution in [2.24, 2.45) is 11.8 Å². The molecule has 0 aromatic carbocycles. The molecule has 2 unspecified atom stereocenters. The Morgan fingerprint density at radius 2 is 1.94 bits per heavy atom. The molecule has 1 N–H and O–H groups in total. The van der Waals surface area contributed by atoms with Crippen LogP contribution in [0.3, 0.4) is 0 Å². The van der Waals surface area contributed by atoms with Crippen molar-refractivity contribution in [3.05, 3.63) is 0 Å². The van der Waals surface area contributed by atoms with E-state index >= 15 is 0 Å². The Bertz CT molecular complexity index is 178. The van der Waals surface area contributed by atoms with E-state index in [9.17, 15) is 0 Å². The Labute approximate surface area is 108 Å². The number of hydrogen-bond acceptors (Lipinski definition) is 2. The van der Waals surface area contributed by atoms with E-state index in [1.165, 1.54) is 51.5 Å². The van der Waals surface area contributed by atoms with E-state index < -0.39 is 0 Å². The topological polar surface area (TPSA) is 21.3 Å². The summed E-state index contributed by atoms with van der Waals surface area (Å²) in [5, 5.41) is 3.77. The van der Waals surface area contributed by atoms with Crippen LogP contribution in [-0.4, -0.2) is 26.3 Å². The summed E-state index contributed by atoms with van der Waals surface area (Å²) in [5.41, 5.74) is 0. The molecule has 0 spiro atoms. The first-order valence-corrected chi connectivity index (χ1v) is 7.50. The van der Waals surface area contributed by atoms with Crippen molar-refractivity contribution in [2.75, 3.05) is 20.3 Å². The summed E-state index contributed by atoms with van der Waals surface area (Å²) in [6, 6.07) is 0.723. The molecule has 0 bridgehead atoms. The maximum Gasteiger partial charge on any atom is 0.0488 e. The van der Waals surface area contributed by atoms with Gasteiger partial charge in [-0.15, -0.1) is 0 Å². The number of rotatable bonds is 8. The van der Waals surface area contributed by atoms with Crippen molar-refractivity contribution in [3.63, 3.8) is 0 Å². The van der Waals surface area contributed by atoms with Crippen LogP contribution in [0.2, 0.25) is 0 Å². The highest BCUT2D eigenvalue weighted by Gasteiger charge is 2.24. The fourth-order valence-electron chi connectivity index (χ4n) is 3.09. The minimum Gasteiger partial charge on any atom is -0.384 e. The predicted octanol–water partition coefficient (Wildman–Crippen LogP) is 3.61. The molecule has 17 heavy (non-hydrogen) atoms. The zero-order valence-electron chi connectivity index (χ0n) is 12.0.